The molecule has 0 fully saturated rings. The van der Waals surface area contributed by atoms with E-state index >= 15 is 0 Å². The van der Waals surface area contributed by atoms with Crippen LogP contribution in [0.2, 0.25) is 10.3 Å². The van der Waals surface area contributed by atoms with Gasteiger partial charge in [-0.3, -0.25) is 0 Å². The van der Waals surface area contributed by atoms with E-state index in [-0.39, 0.29) is 21.6 Å². The van der Waals surface area contributed by atoms with Crippen molar-refractivity contribution in [3.05, 3.63) is 57.6 Å². The fourth-order valence-corrected chi connectivity index (χ4v) is 2.06. The van der Waals surface area contributed by atoms with Gasteiger partial charge in [0.15, 0.2) is 0 Å². The van der Waals surface area contributed by atoms with Crippen molar-refractivity contribution in [1.29, 1.82) is 0 Å². The van der Waals surface area contributed by atoms with Crippen molar-refractivity contribution < 1.29 is 13.9 Å². The van der Waals surface area contributed by atoms with Gasteiger partial charge in [-0.1, -0.05) is 39.1 Å². The molecular weight excluding hydrogens is 648 g/mol. The molecule has 24 heavy (non-hydrogen) atoms. The summed E-state index contributed by atoms with van der Waals surface area (Å²) in [6.45, 7) is -0.288. The molecule has 12 heteroatoms. The number of aromatic nitrogens is 2. The summed E-state index contributed by atoms with van der Waals surface area (Å²) in [6, 6.07) is 2.50. The number of rotatable bonds is 2. The first-order valence-corrected chi connectivity index (χ1v) is 15.0. The van der Waals surface area contributed by atoms with E-state index in [4.69, 9.17) is 28.3 Å². The van der Waals surface area contributed by atoms with E-state index in [0.29, 0.717) is 21.6 Å². The van der Waals surface area contributed by atoms with Gasteiger partial charge in [0, 0.05) is 16.5 Å². The van der Waals surface area contributed by atoms with Crippen molar-refractivity contribution in [2.45, 2.75) is 11.9 Å². The number of hydrogen-bond donors (Lipinski definition) is 1. The highest BCUT2D eigenvalue weighted by Gasteiger charge is 2.01. The first kappa shape index (κ1) is 25.1. The van der Waals surface area contributed by atoms with Gasteiger partial charge in [-0.15, -0.1) is 0 Å². The summed E-state index contributed by atoms with van der Waals surface area (Å²) in [7, 11) is 0. The minimum Gasteiger partial charge on any atom is -0.392 e. The Morgan fingerprint density at radius 3 is 1.62 bits per heavy atom. The van der Waals surface area contributed by atoms with Crippen LogP contribution in [0.5, 0.6) is 0 Å². The molecule has 0 aliphatic heterocycles. The van der Waals surface area contributed by atoms with E-state index in [2.05, 4.69) is 72.4 Å². The number of halogens is 8. The van der Waals surface area contributed by atoms with Crippen LogP contribution in [-0.2, 0) is 11.9 Å². The summed E-state index contributed by atoms with van der Waals surface area (Å²) in [5.74, 6) is -0.854. The average molecular weight is 657 g/mol. The minimum absolute atomic E-state index is 0.143. The second kappa shape index (κ2) is 14.2. The van der Waals surface area contributed by atoms with Crippen LogP contribution in [-0.4, -0.2) is 15.1 Å². The summed E-state index contributed by atoms with van der Waals surface area (Å²) in [6.07, 6.45) is 2.09. The summed E-state index contributed by atoms with van der Waals surface area (Å²) < 4.78 is 24.5. The molecule has 2 aromatic rings. The zero-order chi connectivity index (χ0) is 18.7. The van der Waals surface area contributed by atoms with E-state index in [1.165, 1.54) is 6.07 Å². The molecule has 0 saturated heterocycles. The molecule has 0 aliphatic rings. The SMILES string of the molecule is BrP(Br)Br.Fc1cnc(Cl)c(CBr)c1.OCc1cc(F)cnc1Cl. The van der Waals surface area contributed by atoms with Crippen LogP contribution < -0.4 is 0 Å². The van der Waals surface area contributed by atoms with Crippen molar-refractivity contribution >= 4 is 89.6 Å². The normalized spacial score (nSPS) is 9.75. The van der Waals surface area contributed by atoms with Crippen molar-refractivity contribution in [3.8, 4) is 0 Å². The van der Waals surface area contributed by atoms with Gasteiger partial charge in [0.25, 0.3) is 0 Å². The number of aliphatic hydroxyl groups excluding tert-OH is 1. The van der Waals surface area contributed by atoms with Gasteiger partial charge in [0.2, 0.25) is 0 Å². The Kier molecular flexibility index (Phi) is 14.8. The second-order valence-corrected chi connectivity index (χ2v) is 20.3. The van der Waals surface area contributed by atoms with Gasteiger partial charge in [0.1, 0.15) is 26.0 Å². The minimum atomic E-state index is -0.492. The molecule has 0 unspecified atom stereocenters. The maximum atomic E-state index is 12.4. The number of hydrogen-bond acceptors (Lipinski definition) is 3. The molecule has 0 spiro atoms. The third kappa shape index (κ3) is 11.6. The fraction of sp³-hybridized carbons (Fsp3) is 0.167. The maximum absolute atomic E-state index is 12.4. The van der Waals surface area contributed by atoms with Crippen LogP contribution in [0.4, 0.5) is 8.78 Å². The molecule has 0 atom stereocenters. The highest BCUT2D eigenvalue weighted by atomic mass is 80.0. The predicted molar refractivity (Wildman–Crippen MR) is 111 cm³/mol. The Balaban J connectivity index is 0.000000363. The van der Waals surface area contributed by atoms with Crippen molar-refractivity contribution in [3.63, 3.8) is 0 Å². The van der Waals surface area contributed by atoms with Gasteiger partial charge in [0.05, 0.1) is 19.0 Å². The van der Waals surface area contributed by atoms with Crippen LogP contribution in [0.15, 0.2) is 24.5 Å². The molecule has 0 aromatic carbocycles. The fourth-order valence-electron chi connectivity index (χ4n) is 1.13. The van der Waals surface area contributed by atoms with Crippen molar-refractivity contribution in [1.82, 2.24) is 9.97 Å². The molecule has 0 aliphatic carbocycles. The van der Waals surface area contributed by atoms with E-state index in [9.17, 15) is 8.78 Å². The smallest absolute Gasteiger partial charge is 0.141 e. The first-order chi connectivity index (χ1) is 11.2. The van der Waals surface area contributed by atoms with Gasteiger partial charge in [-0.2, -0.15) is 0 Å². The molecule has 2 aromatic heterocycles. The van der Waals surface area contributed by atoms with Crippen molar-refractivity contribution in [2.75, 3.05) is 0 Å². The Labute approximate surface area is 181 Å². The van der Waals surface area contributed by atoms with Gasteiger partial charge in [-0.25, -0.2) is 18.7 Å². The Morgan fingerprint density at radius 2 is 1.33 bits per heavy atom. The number of aliphatic hydroxyl groups is 1. The molecule has 0 radical (unpaired) electrons. The summed E-state index contributed by atoms with van der Waals surface area (Å²) >= 11 is 23.7. The lowest BCUT2D eigenvalue weighted by Gasteiger charge is -1.96. The molecule has 2 rings (SSSR count). The van der Waals surface area contributed by atoms with Crippen molar-refractivity contribution in [2.24, 2.45) is 0 Å². The van der Waals surface area contributed by atoms with Crippen LogP contribution in [0.1, 0.15) is 11.1 Å². The second-order valence-electron chi connectivity index (χ2n) is 3.69. The predicted octanol–water partition coefficient (Wildman–Crippen LogP) is 7.53. The van der Waals surface area contributed by atoms with Crippen LogP contribution in [0, 0.1) is 11.6 Å². The molecular formula is C12H9Br4Cl2F2N2OP. The van der Waals surface area contributed by atoms with E-state index in [1.54, 1.807) is 0 Å². The van der Waals surface area contributed by atoms with E-state index in [1.807, 2.05) is 0 Å². The zero-order valence-electron chi connectivity index (χ0n) is 11.5. The molecule has 0 bridgehead atoms. The quantitative estimate of drug-likeness (QED) is 0.207. The monoisotopic (exact) mass is 652 g/mol. The number of pyridine rings is 2. The average Bonchev–Trinajstić information content (AvgIpc) is 2.52. The lowest BCUT2D eigenvalue weighted by atomic mass is 10.3. The summed E-state index contributed by atoms with van der Waals surface area (Å²) in [5.41, 5.74) is 0.975. The first-order valence-electron chi connectivity index (χ1n) is 5.75. The highest BCUT2D eigenvalue weighted by molar-refractivity contribution is 9.93. The van der Waals surface area contributed by atoms with E-state index < -0.39 is 5.82 Å². The molecule has 0 saturated carbocycles. The summed E-state index contributed by atoms with van der Waals surface area (Å²) in [4.78, 5) is 7.09. The molecule has 134 valence electrons. The lowest BCUT2D eigenvalue weighted by Crippen LogP contribution is -1.89. The third-order valence-corrected chi connectivity index (χ3v) is 3.36. The van der Waals surface area contributed by atoms with Crippen LogP contribution >= 0.6 is 89.6 Å². The van der Waals surface area contributed by atoms with Crippen LogP contribution in [0.3, 0.4) is 0 Å². The van der Waals surface area contributed by atoms with E-state index in [0.717, 1.165) is 18.5 Å². The zero-order valence-corrected chi connectivity index (χ0v) is 20.3. The maximum Gasteiger partial charge on any atom is 0.141 e. The highest BCUT2D eigenvalue weighted by Crippen LogP contribution is 2.59. The number of alkyl halides is 1. The lowest BCUT2D eigenvalue weighted by molar-refractivity contribution is 0.281. The molecule has 3 nitrogen and oxygen atoms in total. The van der Waals surface area contributed by atoms with Gasteiger partial charge < -0.3 is 5.11 Å². The standard InChI is InChI=1S/C6H4BrClFN.C6H5ClFNO.Br3P/c7-2-4-1-5(9)3-10-6(4)8;7-6-4(3-10)1-5(8)2-9-6;1-4(2)3/h1,3H,2H2;1-2,10H,3H2;. The topological polar surface area (TPSA) is 46.0 Å². The Hall–Kier alpha value is 1.05. The number of nitrogens with zero attached hydrogens (tertiary/aromatic N) is 2. The largest absolute Gasteiger partial charge is 0.392 e. The Morgan fingerprint density at radius 1 is 0.958 bits per heavy atom. The van der Waals surface area contributed by atoms with Crippen LogP contribution in [0.25, 0.3) is 0 Å². The molecule has 1 N–H and O–H groups in total. The summed E-state index contributed by atoms with van der Waals surface area (Å²) in [5, 5.41) is 9.56. The van der Waals surface area contributed by atoms with Gasteiger partial charge in [-0.05, 0) is 58.6 Å². The Bertz CT molecular complexity index is 590. The van der Waals surface area contributed by atoms with Gasteiger partial charge >= 0.3 is 0 Å². The molecule has 0 amide bonds. The molecule has 2 heterocycles. The third-order valence-electron chi connectivity index (χ3n) is 2.07.